The van der Waals surface area contributed by atoms with Gasteiger partial charge in [0.25, 0.3) is 5.69 Å². The second kappa shape index (κ2) is 4.49. The fourth-order valence-corrected chi connectivity index (χ4v) is 0.666. The van der Waals surface area contributed by atoms with Crippen LogP contribution in [-0.2, 0) is 0 Å². The predicted octanol–water partition coefficient (Wildman–Crippen LogP) is -1.09. The molecule has 0 bridgehead atoms. The third-order valence-corrected chi connectivity index (χ3v) is 1.24. The minimum atomic E-state index is -0.403. The summed E-state index contributed by atoms with van der Waals surface area (Å²) < 4.78 is 0. The van der Waals surface area contributed by atoms with Crippen molar-refractivity contribution in [2.75, 3.05) is 0 Å². The van der Waals surface area contributed by atoms with Crippen molar-refractivity contribution in [1.82, 2.24) is 0 Å². The summed E-state index contributed by atoms with van der Waals surface area (Å²) in [4.78, 5) is 9.71. The maximum Gasteiger partial charge on any atom is 1.00 e. The van der Waals surface area contributed by atoms with Crippen LogP contribution < -0.4 is 29.6 Å². The minimum absolute atomic E-state index is 0. The third-order valence-electron chi connectivity index (χ3n) is 1.24. The van der Waals surface area contributed by atoms with E-state index in [1.54, 1.807) is 12.1 Å². The Kier molecular flexibility index (Phi) is 4.33. The molecule has 0 aliphatic rings. The van der Waals surface area contributed by atoms with Gasteiger partial charge in [-0.15, -0.1) is 0 Å². The van der Waals surface area contributed by atoms with Gasteiger partial charge in [-0.1, -0.05) is 17.7 Å². The van der Waals surface area contributed by atoms with Crippen LogP contribution in [0.5, 0.6) is 0 Å². The van der Waals surface area contributed by atoms with E-state index in [9.17, 15) is 10.1 Å². The zero-order valence-electron chi connectivity index (χ0n) is 6.57. The van der Waals surface area contributed by atoms with Crippen LogP contribution in [0.2, 0.25) is 0 Å². The number of rotatable bonds is 1. The Bertz CT molecular complexity index is 245. The molecule has 0 aromatic heterocycles. The van der Waals surface area contributed by atoms with E-state index in [-0.39, 0.29) is 35.2 Å². The van der Waals surface area contributed by atoms with Crippen molar-refractivity contribution in [3.05, 3.63) is 39.9 Å². The second-order valence-corrected chi connectivity index (χ2v) is 2.09. The SMILES string of the molecule is Cc1ccc([N+](=O)[O-])cc1.[Na+]. The quantitative estimate of drug-likeness (QED) is 0.297. The molecule has 0 spiro atoms. The first-order valence-electron chi connectivity index (χ1n) is 2.91. The van der Waals surface area contributed by atoms with E-state index in [1.807, 2.05) is 6.92 Å². The number of nitro benzene ring substituents is 1. The number of hydrogen-bond acceptors (Lipinski definition) is 2. The summed E-state index contributed by atoms with van der Waals surface area (Å²) in [6.07, 6.45) is 0. The molecule has 1 aromatic carbocycles. The van der Waals surface area contributed by atoms with Gasteiger partial charge in [0.1, 0.15) is 0 Å². The van der Waals surface area contributed by atoms with Crippen molar-refractivity contribution >= 4 is 5.69 Å². The van der Waals surface area contributed by atoms with Crippen LogP contribution in [0.25, 0.3) is 0 Å². The van der Waals surface area contributed by atoms with Crippen molar-refractivity contribution < 1.29 is 34.5 Å². The van der Waals surface area contributed by atoms with Crippen molar-refractivity contribution in [1.29, 1.82) is 0 Å². The maximum atomic E-state index is 10.1. The number of nitro groups is 1. The summed E-state index contributed by atoms with van der Waals surface area (Å²) >= 11 is 0. The van der Waals surface area contributed by atoms with Gasteiger partial charge in [-0.25, -0.2) is 0 Å². The molecule has 1 rings (SSSR count). The first kappa shape index (κ1) is 10.6. The fourth-order valence-electron chi connectivity index (χ4n) is 0.666. The topological polar surface area (TPSA) is 43.1 Å². The molecule has 3 nitrogen and oxygen atoms in total. The van der Waals surface area contributed by atoms with E-state index in [0.29, 0.717) is 0 Å². The second-order valence-electron chi connectivity index (χ2n) is 2.09. The summed E-state index contributed by atoms with van der Waals surface area (Å²) in [7, 11) is 0. The zero-order valence-corrected chi connectivity index (χ0v) is 8.57. The van der Waals surface area contributed by atoms with E-state index in [2.05, 4.69) is 0 Å². The molecule has 0 unspecified atom stereocenters. The largest absolute Gasteiger partial charge is 1.00 e. The summed E-state index contributed by atoms with van der Waals surface area (Å²) in [5, 5.41) is 10.1. The Morgan fingerprint density at radius 2 is 1.73 bits per heavy atom. The van der Waals surface area contributed by atoms with Crippen LogP contribution in [0.15, 0.2) is 24.3 Å². The average Bonchev–Trinajstić information content (AvgIpc) is 1.88. The molecule has 0 saturated heterocycles. The van der Waals surface area contributed by atoms with Crippen LogP contribution in [-0.4, -0.2) is 4.92 Å². The molecule has 0 saturated carbocycles. The van der Waals surface area contributed by atoms with Crippen molar-refractivity contribution in [2.45, 2.75) is 6.92 Å². The molecule has 0 N–H and O–H groups in total. The normalized spacial score (nSPS) is 8.45. The molecule has 11 heavy (non-hydrogen) atoms. The smallest absolute Gasteiger partial charge is 0.258 e. The Hall–Kier alpha value is -0.380. The number of hydrogen-bond donors (Lipinski definition) is 0. The molecule has 0 aliphatic carbocycles. The third kappa shape index (κ3) is 3.01. The van der Waals surface area contributed by atoms with Crippen molar-refractivity contribution in [3.8, 4) is 0 Å². The van der Waals surface area contributed by atoms with Gasteiger partial charge in [-0.2, -0.15) is 0 Å². The number of non-ortho nitro benzene ring substituents is 1. The molecule has 0 fully saturated rings. The van der Waals surface area contributed by atoms with E-state index in [1.165, 1.54) is 12.1 Å². The van der Waals surface area contributed by atoms with E-state index in [4.69, 9.17) is 0 Å². The van der Waals surface area contributed by atoms with Crippen LogP contribution in [0.3, 0.4) is 0 Å². The molecule has 0 heterocycles. The van der Waals surface area contributed by atoms with Gasteiger partial charge >= 0.3 is 29.6 Å². The molecule has 0 aliphatic heterocycles. The minimum Gasteiger partial charge on any atom is -0.258 e. The van der Waals surface area contributed by atoms with Gasteiger partial charge in [0.05, 0.1) is 4.92 Å². The Balaban J connectivity index is 0.000001000. The number of benzene rings is 1. The van der Waals surface area contributed by atoms with Gasteiger partial charge < -0.3 is 0 Å². The predicted molar refractivity (Wildman–Crippen MR) is 37.8 cm³/mol. The monoisotopic (exact) mass is 160 g/mol. The average molecular weight is 160 g/mol. The molecule has 52 valence electrons. The summed E-state index contributed by atoms with van der Waals surface area (Å²) in [5.41, 5.74) is 1.18. The molecule has 0 radical (unpaired) electrons. The van der Waals surface area contributed by atoms with Gasteiger partial charge in [0.2, 0.25) is 0 Å². The van der Waals surface area contributed by atoms with Gasteiger partial charge in [0.15, 0.2) is 0 Å². The number of nitrogens with zero attached hydrogens (tertiary/aromatic N) is 1. The maximum absolute atomic E-state index is 10.1. The fraction of sp³-hybridized carbons (Fsp3) is 0.143. The van der Waals surface area contributed by atoms with E-state index in [0.717, 1.165) is 5.56 Å². The molecular formula is C7H7NNaO2+. The van der Waals surface area contributed by atoms with Crippen molar-refractivity contribution in [3.63, 3.8) is 0 Å². The van der Waals surface area contributed by atoms with Gasteiger partial charge in [-0.3, -0.25) is 10.1 Å². The summed E-state index contributed by atoms with van der Waals surface area (Å²) in [6, 6.07) is 6.43. The van der Waals surface area contributed by atoms with Crippen molar-refractivity contribution in [2.24, 2.45) is 0 Å². The first-order valence-corrected chi connectivity index (χ1v) is 2.91. The zero-order chi connectivity index (χ0) is 7.56. The van der Waals surface area contributed by atoms with Gasteiger partial charge in [0, 0.05) is 12.1 Å². The Morgan fingerprint density at radius 1 is 1.27 bits per heavy atom. The first-order chi connectivity index (χ1) is 4.70. The van der Waals surface area contributed by atoms with Crippen LogP contribution in [0.4, 0.5) is 5.69 Å². The molecular weight excluding hydrogens is 153 g/mol. The van der Waals surface area contributed by atoms with Crippen LogP contribution in [0.1, 0.15) is 5.56 Å². The number of aryl methyl sites for hydroxylation is 1. The van der Waals surface area contributed by atoms with Crippen LogP contribution in [0, 0.1) is 17.0 Å². The molecule has 0 atom stereocenters. The molecule has 1 aromatic rings. The molecule has 0 amide bonds. The Labute approximate surface area is 86.9 Å². The van der Waals surface area contributed by atoms with E-state index >= 15 is 0 Å². The van der Waals surface area contributed by atoms with E-state index < -0.39 is 4.92 Å². The Morgan fingerprint density at radius 3 is 2.09 bits per heavy atom. The summed E-state index contributed by atoms with van der Waals surface area (Å²) in [5.74, 6) is 0. The van der Waals surface area contributed by atoms with Gasteiger partial charge in [-0.05, 0) is 6.92 Å². The standard InChI is InChI=1S/C7H7NO2.Na/c1-6-2-4-7(5-3-6)8(9)10;/h2-5H,1H3;/q;+1. The summed E-state index contributed by atoms with van der Waals surface area (Å²) in [6.45, 7) is 1.89. The van der Waals surface area contributed by atoms with Crippen LogP contribution >= 0.6 is 0 Å². The molecule has 4 heteroatoms.